The minimum Gasteiger partial charge on any atom is -0.447 e. The maximum Gasteiger partial charge on any atom is 0.407 e. The number of hydrogen-bond acceptors (Lipinski definition) is 9. The summed E-state index contributed by atoms with van der Waals surface area (Å²) in [6, 6.07) is 4.67. The molecule has 13 heteroatoms. The van der Waals surface area contributed by atoms with Crippen molar-refractivity contribution in [2.45, 2.75) is 75.7 Å². The molecule has 1 aromatic heterocycles. The highest BCUT2D eigenvalue weighted by Crippen LogP contribution is 2.39. The number of amides is 2. The summed E-state index contributed by atoms with van der Waals surface area (Å²) in [7, 11) is -0.953. The van der Waals surface area contributed by atoms with Crippen LogP contribution in [0.3, 0.4) is 0 Å². The van der Waals surface area contributed by atoms with Gasteiger partial charge in [-0.2, -0.15) is 0 Å². The molecule has 1 heterocycles. The summed E-state index contributed by atoms with van der Waals surface area (Å²) in [6.07, 6.45) is 3.83. The highest BCUT2D eigenvalue weighted by atomic mass is 32.2. The van der Waals surface area contributed by atoms with Crippen LogP contribution < -0.4 is 15.4 Å². The smallest absolute Gasteiger partial charge is 0.407 e. The summed E-state index contributed by atoms with van der Waals surface area (Å²) in [5.41, 5.74) is 0.683. The normalized spacial score (nSPS) is 17.8. The van der Waals surface area contributed by atoms with E-state index in [9.17, 15) is 18.0 Å². The number of nitrogens with zero attached hydrogens (tertiary/aromatic N) is 1. The third-order valence-corrected chi connectivity index (χ3v) is 9.13. The van der Waals surface area contributed by atoms with Gasteiger partial charge in [0.05, 0.1) is 27.4 Å². The van der Waals surface area contributed by atoms with Crippen LogP contribution in [0.1, 0.15) is 67.7 Å². The number of carbonyl (C=O) groups excluding carboxylic acids is 2. The molecule has 1 saturated carbocycles. The fourth-order valence-electron chi connectivity index (χ4n) is 4.40. The average molecular weight is 583 g/mol. The van der Waals surface area contributed by atoms with Crippen molar-refractivity contribution in [3.05, 3.63) is 35.0 Å². The molecule has 1 fully saturated rings. The average Bonchev–Trinajstić information content (AvgIpc) is 3.39. The molecule has 0 bridgehead atoms. The molecule has 11 nitrogen and oxygen atoms in total. The van der Waals surface area contributed by atoms with Crippen LogP contribution in [0.4, 0.5) is 4.79 Å². The Morgan fingerprint density at radius 1 is 1.13 bits per heavy atom. The lowest BCUT2D eigenvalue weighted by atomic mass is 9.86. The van der Waals surface area contributed by atoms with Gasteiger partial charge in [-0.1, -0.05) is 13.0 Å². The zero-order valence-electron chi connectivity index (χ0n) is 23.0. The van der Waals surface area contributed by atoms with Crippen LogP contribution in [0.2, 0.25) is 0 Å². The summed E-state index contributed by atoms with van der Waals surface area (Å²) in [6.45, 7) is 5.64. The predicted octanol–water partition coefficient (Wildman–Crippen LogP) is 3.62. The molecule has 0 saturated heterocycles. The summed E-state index contributed by atoms with van der Waals surface area (Å²) in [4.78, 5) is 30.0. The largest absolute Gasteiger partial charge is 0.447 e. The van der Waals surface area contributed by atoms with Gasteiger partial charge in [0, 0.05) is 50.0 Å². The minimum absolute atomic E-state index is 0.0128. The third-order valence-electron chi connectivity index (χ3n) is 6.35. The standard InChI is InChI=1S/C26H38N4O7S2/c1-6-29-39(33,34)22-13-18(24(31)27-15-23(35-4)36-5)9-12-20(22)21-14-28-25(38-21)17-7-10-19(11-8-17)30-26(32)37-16(2)3/h9,12-14,16-17,19,23,29H,6-8,10-11,15H2,1-5H3,(H,27,31)(H,30,32). The van der Waals surface area contributed by atoms with E-state index in [1.54, 1.807) is 25.3 Å². The van der Waals surface area contributed by atoms with E-state index in [4.69, 9.17) is 14.2 Å². The monoisotopic (exact) mass is 582 g/mol. The molecule has 3 rings (SSSR count). The van der Waals surface area contributed by atoms with Gasteiger partial charge < -0.3 is 24.8 Å². The number of ether oxygens (including phenoxy) is 3. The van der Waals surface area contributed by atoms with Crippen LogP contribution in [-0.4, -0.2) is 71.1 Å². The van der Waals surface area contributed by atoms with Crippen LogP contribution in [0.5, 0.6) is 0 Å². The van der Waals surface area contributed by atoms with Crippen molar-refractivity contribution in [3.63, 3.8) is 0 Å². The number of nitrogens with one attached hydrogen (secondary N) is 3. The van der Waals surface area contributed by atoms with Crippen molar-refractivity contribution in [3.8, 4) is 10.4 Å². The van der Waals surface area contributed by atoms with E-state index in [0.717, 1.165) is 30.7 Å². The highest BCUT2D eigenvalue weighted by molar-refractivity contribution is 7.89. The Labute approximate surface area is 234 Å². The van der Waals surface area contributed by atoms with E-state index < -0.39 is 28.3 Å². The summed E-state index contributed by atoms with van der Waals surface area (Å²) in [5, 5.41) is 6.54. The van der Waals surface area contributed by atoms with Crippen molar-refractivity contribution >= 4 is 33.4 Å². The fourth-order valence-corrected chi connectivity index (χ4v) is 6.87. The van der Waals surface area contributed by atoms with Gasteiger partial charge >= 0.3 is 6.09 Å². The van der Waals surface area contributed by atoms with E-state index >= 15 is 0 Å². The quantitative estimate of drug-likeness (QED) is 0.322. The van der Waals surface area contributed by atoms with Gasteiger partial charge in [0.1, 0.15) is 0 Å². The Balaban J connectivity index is 1.78. The van der Waals surface area contributed by atoms with Gasteiger partial charge in [0.25, 0.3) is 5.91 Å². The molecule has 1 aliphatic carbocycles. The molecule has 3 N–H and O–H groups in total. The Kier molecular flexibility index (Phi) is 11.2. The van der Waals surface area contributed by atoms with Crippen molar-refractivity contribution < 1.29 is 32.2 Å². The van der Waals surface area contributed by atoms with E-state index in [1.165, 1.54) is 31.6 Å². The van der Waals surface area contributed by atoms with E-state index in [0.29, 0.717) is 10.4 Å². The summed E-state index contributed by atoms with van der Waals surface area (Å²) in [5.74, 6) is -0.224. The second kappa shape index (κ2) is 14.2. The Bertz CT molecular complexity index is 1220. The molecule has 2 aromatic rings. The van der Waals surface area contributed by atoms with Gasteiger partial charge in [-0.05, 0) is 51.7 Å². The zero-order chi connectivity index (χ0) is 28.6. The second-order valence-electron chi connectivity index (χ2n) is 9.53. The number of carbonyl (C=O) groups is 2. The van der Waals surface area contributed by atoms with Crippen LogP contribution in [0.25, 0.3) is 10.4 Å². The van der Waals surface area contributed by atoms with Gasteiger partial charge in [0.15, 0.2) is 6.29 Å². The topological polar surface area (TPSA) is 145 Å². The number of benzene rings is 1. The van der Waals surface area contributed by atoms with Crippen molar-refractivity contribution in [1.82, 2.24) is 20.3 Å². The molecule has 216 valence electrons. The molecule has 0 atom stereocenters. The summed E-state index contributed by atoms with van der Waals surface area (Å²) < 4.78 is 44.1. The maximum atomic E-state index is 13.1. The van der Waals surface area contributed by atoms with Gasteiger partial charge in [0.2, 0.25) is 10.0 Å². The first-order valence-electron chi connectivity index (χ1n) is 13.0. The minimum atomic E-state index is -3.88. The SMILES string of the molecule is CCNS(=O)(=O)c1cc(C(=O)NCC(OC)OC)ccc1-c1cnc(C2CCC(NC(=O)OC(C)C)CC2)s1. The Morgan fingerprint density at radius 3 is 2.44 bits per heavy atom. The van der Waals surface area contributed by atoms with Gasteiger partial charge in [-0.15, -0.1) is 11.3 Å². The highest BCUT2D eigenvalue weighted by Gasteiger charge is 2.28. The lowest BCUT2D eigenvalue weighted by Gasteiger charge is -2.28. The Hall–Kier alpha value is -2.58. The van der Waals surface area contributed by atoms with E-state index in [1.807, 2.05) is 13.8 Å². The third kappa shape index (κ3) is 8.45. The number of hydrogen-bond donors (Lipinski definition) is 3. The van der Waals surface area contributed by atoms with Crippen LogP contribution in [0.15, 0.2) is 29.3 Å². The van der Waals surface area contributed by atoms with Crippen LogP contribution >= 0.6 is 11.3 Å². The number of thiazole rings is 1. The lowest BCUT2D eigenvalue weighted by molar-refractivity contribution is -0.0974. The number of aromatic nitrogens is 1. The molecule has 0 aliphatic heterocycles. The van der Waals surface area contributed by atoms with Crippen molar-refractivity contribution in [2.75, 3.05) is 27.3 Å². The van der Waals surface area contributed by atoms with Crippen molar-refractivity contribution in [2.24, 2.45) is 0 Å². The number of alkyl carbamates (subject to hydrolysis) is 1. The van der Waals surface area contributed by atoms with Gasteiger partial charge in [-0.25, -0.2) is 22.9 Å². The van der Waals surface area contributed by atoms with Crippen LogP contribution in [0, 0.1) is 0 Å². The number of sulfonamides is 1. The molecular weight excluding hydrogens is 544 g/mol. The van der Waals surface area contributed by atoms with Crippen molar-refractivity contribution in [1.29, 1.82) is 0 Å². The lowest BCUT2D eigenvalue weighted by Crippen LogP contribution is -2.38. The molecule has 2 amide bonds. The summed E-state index contributed by atoms with van der Waals surface area (Å²) >= 11 is 1.45. The Morgan fingerprint density at radius 2 is 1.82 bits per heavy atom. The first-order valence-corrected chi connectivity index (χ1v) is 15.3. The maximum absolute atomic E-state index is 13.1. The molecule has 39 heavy (non-hydrogen) atoms. The fraction of sp³-hybridized carbons (Fsp3) is 0.577. The van der Waals surface area contributed by atoms with Gasteiger partial charge in [-0.3, -0.25) is 4.79 Å². The molecule has 1 aromatic carbocycles. The predicted molar refractivity (Wildman–Crippen MR) is 148 cm³/mol. The van der Waals surface area contributed by atoms with E-state index in [-0.39, 0.29) is 41.6 Å². The first kappa shape index (κ1) is 31.0. The van der Waals surface area contributed by atoms with Crippen LogP contribution in [-0.2, 0) is 24.2 Å². The molecule has 1 aliphatic rings. The first-order chi connectivity index (χ1) is 18.6. The molecule has 0 unspecified atom stereocenters. The van der Waals surface area contributed by atoms with E-state index in [2.05, 4.69) is 20.3 Å². The second-order valence-corrected chi connectivity index (χ2v) is 12.3. The molecule has 0 radical (unpaired) electrons. The number of rotatable bonds is 12. The molecule has 0 spiro atoms. The molecular formula is C26H38N4O7S2. The zero-order valence-corrected chi connectivity index (χ0v) is 24.6. The number of methoxy groups -OCH3 is 2.